The number of aromatic nitrogens is 6. The highest BCUT2D eigenvalue weighted by Crippen LogP contribution is 2.29. The molecule has 1 aliphatic heterocycles. The van der Waals surface area contributed by atoms with Gasteiger partial charge in [-0.15, -0.1) is 0 Å². The van der Waals surface area contributed by atoms with E-state index in [0.29, 0.717) is 48.1 Å². The molecule has 1 saturated heterocycles. The summed E-state index contributed by atoms with van der Waals surface area (Å²) in [7, 11) is 0. The van der Waals surface area contributed by atoms with Crippen molar-refractivity contribution in [3.8, 4) is 11.4 Å². The summed E-state index contributed by atoms with van der Waals surface area (Å²) in [6, 6.07) is 9.81. The standard InChI is InChI=1S/C24H22FN7O/c25-17-9-16(10-26-12-17)22-30-23(21-24(31-22)32(14-29-21)18-6-8-33-13-18)27-7-5-15-11-28-20-4-2-1-3-19(15)20/h1-4,9-12,14,18,28H,5-8,13H2,(H,27,30,31). The highest BCUT2D eigenvalue weighted by molar-refractivity contribution is 5.85. The van der Waals surface area contributed by atoms with Crippen LogP contribution in [0.2, 0.25) is 0 Å². The van der Waals surface area contributed by atoms with Crippen LogP contribution >= 0.6 is 0 Å². The zero-order valence-corrected chi connectivity index (χ0v) is 17.8. The molecule has 8 nitrogen and oxygen atoms in total. The number of fused-ring (bicyclic) bond motifs is 2. The van der Waals surface area contributed by atoms with E-state index in [9.17, 15) is 4.39 Å². The van der Waals surface area contributed by atoms with Crippen LogP contribution in [0.5, 0.6) is 0 Å². The van der Waals surface area contributed by atoms with Crippen LogP contribution in [0.4, 0.5) is 10.2 Å². The molecule has 5 aromatic rings. The predicted octanol–water partition coefficient (Wildman–Crippen LogP) is 4.12. The van der Waals surface area contributed by atoms with Gasteiger partial charge in [0.2, 0.25) is 0 Å². The first-order chi connectivity index (χ1) is 16.3. The zero-order valence-electron chi connectivity index (χ0n) is 17.8. The summed E-state index contributed by atoms with van der Waals surface area (Å²) in [6.45, 7) is 2.00. The Balaban J connectivity index is 1.35. The molecule has 9 heteroatoms. The summed E-state index contributed by atoms with van der Waals surface area (Å²) in [5.41, 5.74) is 4.26. The van der Waals surface area contributed by atoms with Crippen LogP contribution < -0.4 is 5.32 Å². The lowest BCUT2D eigenvalue weighted by molar-refractivity contribution is 0.187. The Morgan fingerprint density at radius 1 is 1.21 bits per heavy atom. The smallest absolute Gasteiger partial charge is 0.166 e. The lowest BCUT2D eigenvalue weighted by Crippen LogP contribution is -2.11. The van der Waals surface area contributed by atoms with Crippen molar-refractivity contribution in [3.05, 3.63) is 66.6 Å². The van der Waals surface area contributed by atoms with E-state index in [1.807, 2.05) is 22.9 Å². The molecule has 1 aromatic carbocycles. The first-order valence-corrected chi connectivity index (χ1v) is 11.0. The van der Waals surface area contributed by atoms with Crippen LogP contribution in [0.3, 0.4) is 0 Å². The van der Waals surface area contributed by atoms with Gasteiger partial charge in [0.05, 0.1) is 25.2 Å². The van der Waals surface area contributed by atoms with Crippen LogP contribution in [0.25, 0.3) is 33.5 Å². The number of halogens is 1. The number of pyridine rings is 1. The monoisotopic (exact) mass is 443 g/mol. The predicted molar refractivity (Wildman–Crippen MR) is 123 cm³/mol. The van der Waals surface area contributed by atoms with Gasteiger partial charge in [0.1, 0.15) is 11.3 Å². The summed E-state index contributed by atoms with van der Waals surface area (Å²) in [5, 5.41) is 4.65. The number of aromatic amines is 1. The Kier molecular flexibility index (Phi) is 4.95. The summed E-state index contributed by atoms with van der Waals surface area (Å²) in [4.78, 5) is 21.3. The Hall–Kier alpha value is -3.85. The molecule has 0 saturated carbocycles. The minimum Gasteiger partial charge on any atom is -0.379 e. The maximum absolute atomic E-state index is 13.8. The van der Waals surface area contributed by atoms with Gasteiger partial charge < -0.3 is 19.6 Å². The highest BCUT2D eigenvalue weighted by Gasteiger charge is 2.23. The average Bonchev–Trinajstić information content (AvgIpc) is 3.59. The minimum absolute atomic E-state index is 0.169. The van der Waals surface area contributed by atoms with Crippen molar-refractivity contribution in [2.75, 3.05) is 25.1 Å². The molecule has 1 unspecified atom stereocenters. The summed E-state index contributed by atoms with van der Waals surface area (Å²) in [6.07, 6.45) is 8.28. The van der Waals surface area contributed by atoms with Crippen LogP contribution in [0, 0.1) is 5.82 Å². The van der Waals surface area contributed by atoms with Crippen LogP contribution in [-0.4, -0.2) is 49.2 Å². The Morgan fingerprint density at radius 3 is 3.03 bits per heavy atom. The third-order valence-electron chi connectivity index (χ3n) is 6.05. The van der Waals surface area contributed by atoms with Gasteiger partial charge in [-0.3, -0.25) is 4.98 Å². The van der Waals surface area contributed by atoms with Gasteiger partial charge in [-0.25, -0.2) is 19.3 Å². The molecule has 0 aliphatic carbocycles. The maximum atomic E-state index is 13.8. The van der Waals surface area contributed by atoms with E-state index in [-0.39, 0.29) is 6.04 Å². The normalized spacial score (nSPS) is 16.1. The van der Waals surface area contributed by atoms with Gasteiger partial charge in [-0.05, 0) is 30.5 Å². The number of hydrogen-bond donors (Lipinski definition) is 2. The largest absolute Gasteiger partial charge is 0.379 e. The summed E-state index contributed by atoms with van der Waals surface area (Å²) in [5.74, 6) is 0.601. The zero-order chi connectivity index (χ0) is 22.2. The molecule has 2 N–H and O–H groups in total. The molecule has 5 heterocycles. The number of rotatable bonds is 6. The van der Waals surface area contributed by atoms with Crippen molar-refractivity contribution in [2.45, 2.75) is 18.9 Å². The molecule has 6 rings (SSSR count). The Labute approximate surface area is 188 Å². The first kappa shape index (κ1) is 19.8. The van der Waals surface area contributed by atoms with Crippen molar-refractivity contribution in [1.82, 2.24) is 29.5 Å². The molecule has 0 amide bonds. The van der Waals surface area contributed by atoms with Gasteiger partial charge >= 0.3 is 0 Å². The van der Waals surface area contributed by atoms with Crippen molar-refractivity contribution < 1.29 is 9.13 Å². The third kappa shape index (κ3) is 3.70. The fraction of sp³-hybridized carbons (Fsp3) is 0.250. The number of nitrogens with one attached hydrogen (secondary N) is 2. The number of anilines is 1. The van der Waals surface area contributed by atoms with E-state index >= 15 is 0 Å². The summed E-state index contributed by atoms with van der Waals surface area (Å²) < 4.78 is 21.4. The number of para-hydroxylation sites is 1. The molecular weight excluding hydrogens is 421 g/mol. The van der Waals surface area contributed by atoms with Crippen molar-refractivity contribution >= 4 is 27.9 Å². The molecular formula is C24H22FN7O. The van der Waals surface area contributed by atoms with E-state index < -0.39 is 5.82 Å². The molecule has 0 spiro atoms. The lowest BCUT2D eigenvalue weighted by Gasteiger charge is -2.12. The Morgan fingerprint density at radius 2 is 2.15 bits per heavy atom. The SMILES string of the molecule is Fc1cncc(-c2nc(NCCc3c[nH]c4ccccc34)c3ncn(C4CCOC4)c3n2)c1. The second-order valence-corrected chi connectivity index (χ2v) is 8.17. The molecule has 1 atom stereocenters. The number of H-pyrrole nitrogens is 1. The fourth-order valence-corrected chi connectivity index (χ4v) is 4.37. The van der Waals surface area contributed by atoms with Gasteiger partial charge in [-0.2, -0.15) is 0 Å². The quantitative estimate of drug-likeness (QED) is 0.410. The molecule has 4 aromatic heterocycles. The van der Waals surface area contributed by atoms with Gasteiger partial charge in [-0.1, -0.05) is 18.2 Å². The topological polar surface area (TPSA) is 93.5 Å². The number of hydrogen-bond acceptors (Lipinski definition) is 6. The number of nitrogens with zero attached hydrogens (tertiary/aromatic N) is 5. The average molecular weight is 443 g/mol. The number of benzene rings is 1. The molecule has 1 fully saturated rings. The van der Waals surface area contributed by atoms with E-state index in [1.165, 1.54) is 23.2 Å². The summed E-state index contributed by atoms with van der Waals surface area (Å²) >= 11 is 0. The second kappa shape index (κ2) is 8.25. The van der Waals surface area contributed by atoms with Gasteiger partial charge in [0.15, 0.2) is 17.3 Å². The Bertz CT molecular complexity index is 1440. The minimum atomic E-state index is -0.428. The number of ether oxygens (including phenoxy) is 1. The second-order valence-electron chi connectivity index (χ2n) is 8.17. The van der Waals surface area contributed by atoms with Crippen molar-refractivity contribution in [2.24, 2.45) is 0 Å². The molecule has 0 radical (unpaired) electrons. The van der Waals surface area contributed by atoms with Crippen LogP contribution in [-0.2, 0) is 11.2 Å². The van der Waals surface area contributed by atoms with Gasteiger partial charge in [0, 0.05) is 42.0 Å². The van der Waals surface area contributed by atoms with Crippen LogP contribution in [0.15, 0.2) is 55.2 Å². The van der Waals surface area contributed by atoms with Crippen LogP contribution in [0.1, 0.15) is 18.0 Å². The molecule has 1 aliphatic rings. The molecule has 0 bridgehead atoms. The van der Waals surface area contributed by atoms with Crippen molar-refractivity contribution in [1.29, 1.82) is 0 Å². The lowest BCUT2D eigenvalue weighted by atomic mass is 10.1. The highest BCUT2D eigenvalue weighted by atomic mass is 19.1. The van der Waals surface area contributed by atoms with E-state index in [2.05, 4.69) is 37.4 Å². The fourth-order valence-electron chi connectivity index (χ4n) is 4.37. The number of imidazole rings is 1. The third-order valence-corrected chi connectivity index (χ3v) is 6.05. The maximum Gasteiger partial charge on any atom is 0.166 e. The first-order valence-electron chi connectivity index (χ1n) is 11.0. The molecule has 166 valence electrons. The van der Waals surface area contributed by atoms with Crippen molar-refractivity contribution in [3.63, 3.8) is 0 Å². The molecule has 33 heavy (non-hydrogen) atoms. The van der Waals surface area contributed by atoms with E-state index in [1.54, 1.807) is 12.5 Å². The van der Waals surface area contributed by atoms with Gasteiger partial charge in [0.25, 0.3) is 0 Å². The van der Waals surface area contributed by atoms with E-state index in [0.717, 1.165) is 18.4 Å². The van der Waals surface area contributed by atoms with E-state index in [4.69, 9.17) is 9.72 Å².